The Bertz CT molecular complexity index is 787. The molecule has 0 atom stereocenters. The number of fused-ring (bicyclic) bond motifs is 1. The van der Waals surface area contributed by atoms with E-state index in [4.69, 9.17) is 14.6 Å². The van der Waals surface area contributed by atoms with Crippen LogP contribution in [0.1, 0.15) is 27.9 Å². The lowest BCUT2D eigenvalue weighted by Crippen LogP contribution is -2.24. The highest BCUT2D eigenvalue weighted by Gasteiger charge is 2.11. The van der Waals surface area contributed by atoms with Gasteiger partial charge in [-0.15, -0.1) is 0 Å². The van der Waals surface area contributed by atoms with Crippen LogP contribution in [-0.4, -0.2) is 30.2 Å². The predicted molar refractivity (Wildman–Crippen MR) is 91.0 cm³/mol. The molecule has 2 aromatic carbocycles. The number of nitrogens with one attached hydrogen (secondary N) is 1. The maximum absolute atomic E-state index is 12.1. The molecule has 1 aliphatic rings. The van der Waals surface area contributed by atoms with Gasteiger partial charge >= 0.3 is 5.97 Å². The van der Waals surface area contributed by atoms with Crippen molar-refractivity contribution in [1.29, 1.82) is 0 Å². The molecule has 0 unspecified atom stereocenters. The summed E-state index contributed by atoms with van der Waals surface area (Å²) in [7, 11) is 0. The normalized spacial score (nSPS) is 13.0. The van der Waals surface area contributed by atoms with Gasteiger partial charge in [-0.2, -0.15) is 0 Å². The van der Waals surface area contributed by atoms with Gasteiger partial charge in [-0.05, 0) is 35.4 Å². The van der Waals surface area contributed by atoms with Gasteiger partial charge in [0, 0.05) is 13.0 Å². The zero-order chi connectivity index (χ0) is 17.6. The van der Waals surface area contributed by atoms with Gasteiger partial charge in [-0.1, -0.05) is 18.2 Å². The minimum absolute atomic E-state index is 0.131. The van der Waals surface area contributed by atoms with Crippen LogP contribution in [0.5, 0.6) is 11.5 Å². The van der Waals surface area contributed by atoms with Crippen molar-refractivity contribution >= 4 is 11.9 Å². The summed E-state index contributed by atoms with van der Waals surface area (Å²) in [5, 5.41) is 11.8. The molecule has 25 heavy (non-hydrogen) atoms. The molecule has 6 nitrogen and oxygen atoms in total. The lowest BCUT2D eigenvalue weighted by molar-refractivity contribution is -0.120. The van der Waals surface area contributed by atoms with Crippen molar-refractivity contribution in [1.82, 2.24) is 5.32 Å². The van der Waals surface area contributed by atoms with Crippen LogP contribution in [0.4, 0.5) is 0 Å². The summed E-state index contributed by atoms with van der Waals surface area (Å²) in [5.74, 6) is 0.237. The number of amides is 1. The van der Waals surface area contributed by atoms with Crippen molar-refractivity contribution in [3.63, 3.8) is 0 Å². The molecule has 0 aromatic heterocycles. The Kier molecular flexibility index (Phi) is 5.18. The Hall–Kier alpha value is -3.02. The maximum Gasteiger partial charge on any atom is 0.335 e. The number of ether oxygens (including phenoxy) is 2. The third-order valence-electron chi connectivity index (χ3n) is 3.84. The first-order valence-corrected chi connectivity index (χ1v) is 8.09. The number of carbonyl (C=O) groups excluding carboxylic acids is 1. The Morgan fingerprint density at radius 2 is 1.80 bits per heavy atom. The Morgan fingerprint density at radius 3 is 2.60 bits per heavy atom. The van der Waals surface area contributed by atoms with Gasteiger partial charge in [0.15, 0.2) is 11.5 Å². The summed E-state index contributed by atoms with van der Waals surface area (Å²) in [6, 6.07) is 12.0. The summed E-state index contributed by atoms with van der Waals surface area (Å²) in [6.45, 7) is 1.62. The molecule has 1 aliphatic heterocycles. The number of hydrogen-bond donors (Lipinski definition) is 2. The highest BCUT2D eigenvalue weighted by atomic mass is 16.5. The zero-order valence-electron chi connectivity index (χ0n) is 13.7. The maximum atomic E-state index is 12.1. The molecule has 2 aromatic rings. The minimum Gasteiger partial charge on any atom is -0.490 e. The second-order valence-electron chi connectivity index (χ2n) is 5.79. The fraction of sp³-hybridized carbons (Fsp3) is 0.263. The average Bonchev–Trinajstić information content (AvgIpc) is 2.85. The second kappa shape index (κ2) is 7.70. The molecule has 0 bridgehead atoms. The Labute approximate surface area is 145 Å². The number of carboxylic acid groups (broad SMARTS) is 1. The highest BCUT2D eigenvalue weighted by molar-refractivity contribution is 5.88. The van der Waals surface area contributed by atoms with Crippen LogP contribution in [0.2, 0.25) is 0 Å². The molecule has 2 N–H and O–H groups in total. The van der Waals surface area contributed by atoms with Crippen LogP contribution in [0, 0.1) is 0 Å². The lowest BCUT2D eigenvalue weighted by atomic mass is 10.1. The topological polar surface area (TPSA) is 84.9 Å². The third kappa shape index (κ3) is 4.50. The van der Waals surface area contributed by atoms with E-state index in [1.165, 1.54) is 12.1 Å². The average molecular weight is 341 g/mol. The van der Waals surface area contributed by atoms with E-state index in [0.29, 0.717) is 31.1 Å². The number of rotatable bonds is 5. The Morgan fingerprint density at radius 1 is 1.00 bits per heavy atom. The van der Waals surface area contributed by atoms with Gasteiger partial charge in [0.05, 0.1) is 25.2 Å². The first kappa shape index (κ1) is 16.8. The van der Waals surface area contributed by atoms with Crippen LogP contribution in [0.25, 0.3) is 0 Å². The van der Waals surface area contributed by atoms with E-state index < -0.39 is 5.97 Å². The van der Waals surface area contributed by atoms with Crippen molar-refractivity contribution in [2.24, 2.45) is 0 Å². The molecule has 1 heterocycles. The van der Waals surface area contributed by atoms with E-state index in [1.54, 1.807) is 12.1 Å². The molecule has 0 spiro atoms. The van der Waals surface area contributed by atoms with Crippen LogP contribution >= 0.6 is 0 Å². The molecule has 0 radical (unpaired) electrons. The minimum atomic E-state index is -1.01. The fourth-order valence-electron chi connectivity index (χ4n) is 2.58. The number of benzene rings is 2. The van der Waals surface area contributed by atoms with Crippen LogP contribution in [0.15, 0.2) is 42.5 Å². The largest absolute Gasteiger partial charge is 0.490 e. The van der Waals surface area contributed by atoms with Crippen molar-refractivity contribution < 1.29 is 24.2 Å². The number of carboxylic acids is 1. The first-order valence-electron chi connectivity index (χ1n) is 8.09. The van der Waals surface area contributed by atoms with E-state index in [2.05, 4.69) is 5.32 Å². The van der Waals surface area contributed by atoms with Crippen molar-refractivity contribution in [2.75, 3.05) is 13.2 Å². The van der Waals surface area contributed by atoms with Gasteiger partial charge in [-0.3, -0.25) is 4.79 Å². The molecule has 130 valence electrons. The van der Waals surface area contributed by atoms with Gasteiger partial charge in [-0.25, -0.2) is 4.79 Å². The molecule has 0 fully saturated rings. The zero-order valence-corrected chi connectivity index (χ0v) is 13.7. The van der Waals surface area contributed by atoms with E-state index in [0.717, 1.165) is 17.7 Å². The van der Waals surface area contributed by atoms with Gasteiger partial charge < -0.3 is 19.9 Å². The number of hydrogen-bond acceptors (Lipinski definition) is 4. The summed E-state index contributed by atoms with van der Waals surface area (Å²) >= 11 is 0. The SMILES string of the molecule is O=C(Cc1cccc(C(=O)O)c1)NCc1ccc2c(c1)OCCCO2. The predicted octanol–water partition coefficient (Wildman–Crippen LogP) is 2.41. The fourth-order valence-corrected chi connectivity index (χ4v) is 2.58. The molecule has 0 aliphatic carbocycles. The first-order chi connectivity index (χ1) is 12.1. The molecular weight excluding hydrogens is 322 g/mol. The highest BCUT2D eigenvalue weighted by Crippen LogP contribution is 2.30. The molecule has 3 rings (SSSR count). The van der Waals surface area contributed by atoms with Gasteiger partial charge in [0.1, 0.15) is 0 Å². The lowest BCUT2D eigenvalue weighted by Gasteiger charge is -2.10. The summed E-state index contributed by atoms with van der Waals surface area (Å²) in [6.07, 6.45) is 0.974. The second-order valence-corrected chi connectivity index (χ2v) is 5.79. The standard InChI is InChI=1S/C19H19NO5/c21-18(11-13-3-1-4-15(9-13)19(22)23)20-12-14-5-6-16-17(10-14)25-8-2-7-24-16/h1,3-6,9-10H,2,7-8,11-12H2,(H,20,21)(H,22,23). The third-order valence-corrected chi connectivity index (χ3v) is 3.84. The smallest absolute Gasteiger partial charge is 0.335 e. The van der Waals surface area contributed by atoms with E-state index in [1.807, 2.05) is 18.2 Å². The molecule has 1 amide bonds. The van der Waals surface area contributed by atoms with Gasteiger partial charge in [0.2, 0.25) is 5.91 Å². The molecule has 0 saturated heterocycles. The number of aromatic carboxylic acids is 1. The van der Waals surface area contributed by atoms with E-state index >= 15 is 0 Å². The van der Waals surface area contributed by atoms with Crippen LogP contribution < -0.4 is 14.8 Å². The summed E-state index contributed by atoms with van der Waals surface area (Å²) < 4.78 is 11.2. The van der Waals surface area contributed by atoms with E-state index in [9.17, 15) is 9.59 Å². The number of carbonyl (C=O) groups is 2. The summed E-state index contributed by atoms with van der Waals surface area (Å²) in [4.78, 5) is 23.1. The van der Waals surface area contributed by atoms with Crippen LogP contribution in [0.3, 0.4) is 0 Å². The van der Waals surface area contributed by atoms with E-state index in [-0.39, 0.29) is 17.9 Å². The quantitative estimate of drug-likeness (QED) is 0.872. The van der Waals surface area contributed by atoms with Crippen molar-refractivity contribution in [2.45, 2.75) is 19.4 Å². The van der Waals surface area contributed by atoms with Crippen molar-refractivity contribution in [3.05, 3.63) is 59.2 Å². The molecule has 6 heteroatoms. The molecular formula is C19H19NO5. The Balaban J connectivity index is 1.58. The molecule has 0 saturated carbocycles. The van der Waals surface area contributed by atoms with Crippen LogP contribution in [-0.2, 0) is 17.8 Å². The van der Waals surface area contributed by atoms with Gasteiger partial charge in [0.25, 0.3) is 0 Å². The monoisotopic (exact) mass is 341 g/mol. The summed E-state index contributed by atoms with van der Waals surface area (Å²) in [5.41, 5.74) is 1.75. The van der Waals surface area contributed by atoms with Crippen molar-refractivity contribution in [3.8, 4) is 11.5 Å².